The summed E-state index contributed by atoms with van der Waals surface area (Å²) in [4.78, 5) is 25.4. The highest BCUT2D eigenvalue weighted by Crippen LogP contribution is 2.29. The maximum Gasteiger partial charge on any atom is 0.352 e. The number of ether oxygens (including phenoxy) is 2. The molecule has 0 aliphatic heterocycles. The molecule has 162 valence electrons. The molecule has 0 aliphatic rings. The summed E-state index contributed by atoms with van der Waals surface area (Å²) in [6.45, 7) is 1.67. The monoisotopic (exact) mass is 430 g/mol. The van der Waals surface area contributed by atoms with Gasteiger partial charge in [-0.2, -0.15) is 0 Å². The third-order valence-electron chi connectivity index (χ3n) is 4.65. The average Bonchev–Trinajstić information content (AvgIpc) is 3.25. The van der Waals surface area contributed by atoms with Gasteiger partial charge in [-0.05, 0) is 24.3 Å². The van der Waals surface area contributed by atoms with Gasteiger partial charge in [0.2, 0.25) is 12.0 Å². The van der Waals surface area contributed by atoms with Gasteiger partial charge in [-0.25, -0.2) is 4.79 Å². The SMILES string of the molecule is CC(=O)NCCOC(=O)C(Oc1ccccc1-n1nc2ccccc2n1)c1ccccc1. The van der Waals surface area contributed by atoms with Crippen molar-refractivity contribution in [2.45, 2.75) is 13.0 Å². The van der Waals surface area contributed by atoms with Crippen molar-refractivity contribution in [3.8, 4) is 11.4 Å². The van der Waals surface area contributed by atoms with Gasteiger partial charge in [-0.3, -0.25) is 4.79 Å². The minimum Gasteiger partial charge on any atom is -0.472 e. The summed E-state index contributed by atoms with van der Waals surface area (Å²) in [5.41, 5.74) is 2.74. The number of carbonyl (C=O) groups is 2. The molecule has 1 amide bonds. The van der Waals surface area contributed by atoms with Gasteiger partial charge in [0.25, 0.3) is 0 Å². The molecule has 0 saturated carbocycles. The third-order valence-corrected chi connectivity index (χ3v) is 4.65. The highest BCUT2D eigenvalue weighted by Gasteiger charge is 2.26. The van der Waals surface area contributed by atoms with Crippen LogP contribution in [0.15, 0.2) is 78.9 Å². The summed E-state index contributed by atoms with van der Waals surface area (Å²) in [7, 11) is 0. The van der Waals surface area contributed by atoms with Crippen LogP contribution in [0.4, 0.5) is 0 Å². The predicted molar refractivity (Wildman–Crippen MR) is 118 cm³/mol. The first-order chi connectivity index (χ1) is 15.6. The van der Waals surface area contributed by atoms with Crippen molar-refractivity contribution in [1.82, 2.24) is 20.3 Å². The topological polar surface area (TPSA) is 95.3 Å². The normalized spacial score (nSPS) is 11.7. The smallest absolute Gasteiger partial charge is 0.352 e. The van der Waals surface area contributed by atoms with E-state index in [-0.39, 0.29) is 19.1 Å². The number of aromatic nitrogens is 3. The van der Waals surface area contributed by atoms with Gasteiger partial charge < -0.3 is 14.8 Å². The minimum absolute atomic E-state index is 0.0405. The number of carbonyl (C=O) groups excluding carboxylic acids is 2. The van der Waals surface area contributed by atoms with Crippen molar-refractivity contribution in [3.63, 3.8) is 0 Å². The number of esters is 1. The fourth-order valence-corrected chi connectivity index (χ4v) is 3.15. The number of amides is 1. The predicted octanol–water partition coefficient (Wildman–Crippen LogP) is 3.22. The molecule has 0 radical (unpaired) electrons. The van der Waals surface area contributed by atoms with Gasteiger partial charge in [0.1, 0.15) is 29.1 Å². The van der Waals surface area contributed by atoms with Crippen molar-refractivity contribution in [2.75, 3.05) is 13.2 Å². The van der Waals surface area contributed by atoms with E-state index in [0.717, 1.165) is 11.0 Å². The Labute approximate surface area is 184 Å². The van der Waals surface area contributed by atoms with Crippen LogP contribution in [0, 0.1) is 0 Å². The molecule has 8 heteroatoms. The van der Waals surface area contributed by atoms with Gasteiger partial charge in [0.15, 0.2) is 0 Å². The molecule has 8 nitrogen and oxygen atoms in total. The number of nitrogens with zero attached hydrogens (tertiary/aromatic N) is 3. The number of hydrogen-bond donors (Lipinski definition) is 1. The van der Waals surface area contributed by atoms with Gasteiger partial charge >= 0.3 is 5.97 Å². The van der Waals surface area contributed by atoms with Gasteiger partial charge in [-0.1, -0.05) is 54.6 Å². The Morgan fingerprint density at radius 2 is 1.53 bits per heavy atom. The Bertz CT molecular complexity index is 1190. The lowest BCUT2D eigenvalue weighted by Crippen LogP contribution is -2.28. The van der Waals surface area contributed by atoms with Crippen LogP contribution >= 0.6 is 0 Å². The van der Waals surface area contributed by atoms with Crippen LogP contribution in [0.1, 0.15) is 18.6 Å². The Kier molecular flexibility index (Phi) is 6.41. The summed E-state index contributed by atoms with van der Waals surface area (Å²) < 4.78 is 11.5. The van der Waals surface area contributed by atoms with E-state index in [0.29, 0.717) is 17.0 Å². The summed E-state index contributed by atoms with van der Waals surface area (Å²) in [5.74, 6) is -0.319. The van der Waals surface area contributed by atoms with E-state index in [1.165, 1.54) is 11.7 Å². The number of para-hydroxylation sites is 2. The molecule has 0 spiro atoms. The first-order valence-corrected chi connectivity index (χ1v) is 10.2. The molecule has 4 rings (SSSR count). The minimum atomic E-state index is -1.00. The number of rotatable bonds is 8. The zero-order valence-electron chi connectivity index (χ0n) is 17.5. The third kappa shape index (κ3) is 4.92. The second kappa shape index (κ2) is 9.74. The Morgan fingerprint density at radius 1 is 0.906 bits per heavy atom. The van der Waals surface area contributed by atoms with E-state index in [1.807, 2.05) is 60.7 Å². The average molecular weight is 430 g/mol. The number of nitrogens with one attached hydrogen (secondary N) is 1. The molecule has 0 aliphatic carbocycles. The van der Waals surface area contributed by atoms with Gasteiger partial charge in [0, 0.05) is 12.5 Å². The van der Waals surface area contributed by atoms with E-state index in [4.69, 9.17) is 9.47 Å². The van der Waals surface area contributed by atoms with Crippen LogP contribution in [-0.4, -0.2) is 40.0 Å². The van der Waals surface area contributed by atoms with Crippen molar-refractivity contribution in [2.24, 2.45) is 0 Å². The fraction of sp³-hybridized carbons (Fsp3) is 0.167. The lowest BCUT2D eigenvalue weighted by molar-refractivity contribution is -0.152. The van der Waals surface area contributed by atoms with E-state index in [2.05, 4.69) is 15.5 Å². The molecule has 1 heterocycles. The molecule has 1 atom stereocenters. The van der Waals surface area contributed by atoms with E-state index in [1.54, 1.807) is 18.2 Å². The zero-order valence-corrected chi connectivity index (χ0v) is 17.5. The van der Waals surface area contributed by atoms with E-state index < -0.39 is 12.1 Å². The van der Waals surface area contributed by atoms with Crippen molar-refractivity contribution in [1.29, 1.82) is 0 Å². The molecule has 0 saturated heterocycles. The molecule has 1 unspecified atom stereocenters. The summed E-state index contributed by atoms with van der Waals surface area (Å²) >= 11 is 0. The second-order valence-electron chi connectivity index (χ2n) is 7.00. The van der Waals surface area contributed by atoms with Crippen molar-refractivity contribution in [3.05, 3.63) is 84.4 Å². The van der Waals surface area contributed by atoms with Crippen LogP contribution in [-0.2, 0) is 14.3 Å². The quantitative estimate of drug-likeness (QED) is 0.341. The Hall–Kier alpha value is -4.20. The highest BCUT2D eigenvalue weighted by molar-refractivity contribution is 5.77. The largest absolute Gasteiger partial charge is 0.472 e. The Morgan fingerprint density at radius 3 is 2.22 bits per heavy atom. The molecule has 32 heavy (non-hydrogen) atoms. The number of benzene rings is 3. The maximum absolute atomic E-state index is 12.9. The van der Waals surface area contributed by atoms with E-state index >= 15 is 0 Å². The first-order valence-electron chi connectivity index (χ1n) is 10.2. The summed E-state index contributed by atoms with van der Waals surface area (Å²) in [5, 5.41) is 11.6. The first kappa shape index (κ1) is 21.0. The molecule has 1 aromatic heterocycles. The standard InChI is InChI=1S/C24H22N4O4/c1-17(29)25-15-16-31-24(30)23(18-9-3-2-4-10-18)32-22-14-8-7-13-21(22)28-26-19-11-5-6-12-20(19)27-28/h2-14,23H,15-16H2,1H3,(H,25,29). The highest BCUT2D eigenvalue weighted by atomic mass is 16.6. The van der Waals surface area contributed by atoms with E-state index in [9.17, 15) is 9.59 Å². The van der Waals surface area contributed by atoms with Crippen LogP contribution in [0.3, 0.4) is 0 Å². The molecule has 4 aromatic rings. The zero-order chi connectivity index (χ0) is 22.3. The fourth-order valence-electron chi connectivity index (χ4n) is 3.15. The lowest BCUT2D eigenvalue weighted by Gasteiger charge is -2.20. The summed E-state index contributed by atoms with van der Waals surface area (Å²) in [6.07, 6.45) is -1.00. The number of fused-ring (bicyclic) bond motifs is 1. The lowest BCUT2D eigenvalue weighted by atomic mass is 10.1. The van der Waals surface area contributed by atoms with Crippen LogP contribution in [0.25, 0.3) is 16.7 Å². The maximum atomic E-state index is 12.9. The summed E-state index contributed by atoms with van der Waals surface area (Å²) in [6, 6.07) is 23.9. The molecular weight excluding hydrogens is 408 g/mol. The molecule has 0 fully saturated rings. The van der Waals surface area contributed by atoms with Crippen molar-refractivity contribution < 1.29 is 19.1 Å². The van der Waals surface area contributed by atoms with Crippen LogP contribution in [0.2, 0.25) is 0 Å². The molecule has 3 aromatic carbocycles. The molecule has 1 N–H and O–H groups in total. The Balaban J connectivity index is 1.61. The van der Waals surface area contributed by atoms with Gasteiger partial charge in [0.05, 0.1) is 6.54 Å². The number of hydrogen-bond acceptors (Lipinski definition) is 6. The molecular formula is C24H22N4O4. The second-order valence-corrected chi connectivity index (χ2v) is 7.00. The van der Waals surface area contributed by atoms with Crippen molar-refractivity contribution >= 4 is 22.9 Å². The molecule has 0 bridgehead atoms. The van der Waals surface area contributed by atoms with Crippen LogP contribution < -0.4 is 10.1 Å². The van der Waals surface area contributed by atoms with Crippen LogP contribution in [0.5, 0.6) is 5.75 Å². The van der Waals surface area contributed by atoms with Gasteiger partial charge in [-0.15, -0.1) is 15.0 Å².